The van der Waals surface area contributed by atoms with Gasteiger partial charge in [-0.25, -0.2) is 5.48 Å². The molecule has 0 saturated carbocycles. The normalized spacial score (nSPS) is 11.3. The van der Waals surface area contributed by atoms with E-state index in [0.717, 1.165) is 16.5 Å². The molecular formula is C24H28N4O4. The molecule has 3 aromatic rings. The maximum absolute atomic E-state index is 13.5. The van der Waals surface area contributed by atoms with Crippen LogP contribution < -0.4 is 10.8 Å². The third kappa shape index (κ3) is 5.33. The molecule has 0 spiro atoms. The van der Waals surface area contributed by atoms with Gasteiger partial charge in [0.25, 0.3) is 11.8 Å². The van der Waals surface area contributed by atoms with Gasteiger partial charge in [-0.15, -0.1) is 0 Å². The minimum Gasteiger partial charge on any atom is -0.350 e. The summed E-state index contributed by atoms with van der Waals surface area (Å²) < 4.78 is 1.82. The summed E-state index contributed by atoms with van der Waals surface area (Å²) in [6.07, 6.45) is 0. The van der Waals surface area contributed by atoms with E-state index in [1.54, 1.807) is 29.7 Å². The molecule has 0 aliphatic rings. The molecule has 3 N–H and O–H groups in total. The van der Waals surface area contributed by atoms with Crippen LogP contribution in [0, 0.1) is 0 Å². The van der Waals surface area contributed by atoms with Gasteiger partial charge in [0.15, 0.2) is 0 Å². The van der Waals surface area contributed by atoms with Crippen LogP contribution in [0.15, 0.2) is 54.6 Å². The Labute approximate surface area is 186 Å². The summed E-state index contributed by atoms with van der Waals surface area (Å²) in [7, 11) is 1.82. The highest BCUT2D eigenvalue weighted by Gasteiger charge is 2.24. The van der Waals surface area contributed by atoms with E-state index in [1.807, 2.05) is 62.7 Å². The van der Waals surface area contributed by atoms with Crippen LogP contribution in [-0.4, -0.2) is 44.5 Å². The molecule has 8 heteroatoms. The Bertz CT molecular complexity index is 1140. The van der Waals surface area contributed by atoms with Crippen LogP contribution in [0.2, 0.25) is 0 Å². The number of fused-ring (bicyclic) bond motifs is 1. The lowest BCUT2D eigenvalue weighted by Crippen LogP contribution is -2.47. The van der Waals surface area contributed by atoms with Gasteiger partial charge in [-0.1, -0.05) is 30.3 Å². The standard InChI is InChI=1S/C24H28N4O4/c1-24(2,3)25-21(29)15-28(14-16-9-11-17(12-10-16)22(30)26-32)23(31)20-13-18-7-5-6-8-19(18)27(20)4/h5-13,32H,14-15H2,1-4H3,(H,25,29)(H,26,30). The number of rotatable bonds is 6. The lowest BCUT2D eigenvalue weighted by atomic mass is 10.1. The maximum Gasteiger partial charge on any atom is 0.274 e. The Balaban J connectivity index is 1.90. The van der Waals surface area contributed by atoms with Crippen molar-refractivity contribution in [1.29, 1.82) is 0 Å². The summed E-state index contributed by atoms with van der Waals surface area (Å²) in [6.45, 7) is 5.71. The molecule has 0 unspecified atom stereocenters. The third-order valence-corrected chi connectivity index (χ3v) is 5.00. The van der Waals surface area contributed by atoms with Gasteiger partial charge >= 0.3 is 0 Å². The van der Waals surface area contributed by atoms with Gasteiger partial charge in [0.2, 0.25) is 5.91 Å². The van der Waals surface area contributed by atoms with Gasteiger partial charge in [-0.2, -0.15) is 0 Å². The largest absolute Gasteiger partial charge is 0.350 e. The summed E-state index contributed by atoms with van der Waals surface area (Å²) in [5.74, 6) is -1.16. The van der Waals surface area contributed by atoms with Crippen LogP contribution in [-0.2, 0) is 18.4 Å². The number of nitrogens with one attached hydrogen (secondary N) is 2. The first-order valence-electron chi connectivity index (χ1n) is 10.3. The predicted octanol–water partition coefficient (Wildman–Crippen LogP) is 2.85. The summed E-state index contributed by atoms with van der Waals surface area (Å²) in [4.78, 5) is 39.2. The second-order valence-electron chi connectivity index (χ2n) is 8.74. The molecule has 1 heterocycles. The molecule has 0 saturated heterocycles. The summed E-state index contributed by atoms with van der Waals surface area (Å²) in [5.41, 5.74) is 3.60. The van der Waals surface area contributed by atoms with Crippen LogP contribution in [0.4, 0.5) is 0 Å². The van der Waals surface area contributed by atoms with E-state index in [2.05, 4.69) is 5.32 Å². The second kappa shape index (κ2) is 9.23. The molecular weight excluding hydrogens is 408 g/mol. The molecule has 0 bridgehead atoms. The molecule has 0 aliphatic carbocycles. The van der Waals surface area contributed by atoms with Crippen LogP contribution >= 0.6 is 0 Å². The minimum atomic E-state index is -0.621. The number of benzene rings is 2. The number of hydrogen-bond donors (Lipinski definition) is 3. The van der Waals surface area contributed by atoms with Gasteiger partial charge in [-0.3, -0.25) is 19.6 Å². The summed E-state index contributed by atoms with van der Waals surface area (Å²) in [6, 6.07) is 16.0. The number of para-hydroxylation sites is 1. The molecule has 168 valence electrons. The Kier molecular flexibility index (Phi) is 6.64. The molecule has 32 heavy (non-hydrogen) atoms. The maximum atomic E-state index is 13.5. The van der Waals surface area contributed by atoms with Crippen molar-refractivity contribution in [3.05, 3.63) is 71.4 Å². The van der Waals surface area contributed by atoms with Crippen molar-refractivity contribution in [3.8, 4) is 0 Å². The summed E-state index contributed by atoms with van der Waals surface area (Å²) >= 11 is 0. The first kappa shape index (κ1) is 23.0. The quantitative estimate of drug-likeness (QED) is 0.408. The monoisotopic (exact) mass is 436 g/mol. The van der Waals surface area contributed by atoms with E-state index in [1.165, 1.54) is 4.90 Å². The average Bonchev–Trinajstić information content (AvgIpc) is 3.08. The molecule has 0 fully saturated rings. The SMILES string of the molecule is Cn1c(C(=O)N(CC(=O)NC(C)(C)C)Cc2ccc(C(=O)NO)cc2)cc2ccccc21. The Morgan fingerprint density at radius 3 is 2.28 bits per heavy atom. The Morgan fingerprint density at radius 1 is 1.03 bits per heavy atom. The van der Waals surface area contributed by atoms with Gasteiger partial charge in [0, 0.05) is 35.6 Å². The molecule has 8 nitrogen and oxygen atoms in total. The molecule has 3 amide bonds. The first-order chi connectivity index (χ1) is 15.1. The average molecular weight is 437 g/mol. The predicted molar refractivity (Wildman–Crippen MR) is 121 cm³/mol. The number of hydrogen-bond acceptors (Lipinski definition) is 4. The number of aryl methyl sites for hydroxylation is 1. The number of nitrogens with zero attached hydrogens (tertiary/aromatic N) is 2. The Morgan fingerprint density at radius 2 is 1.69 bits per heavy atom. The molecule has 3 rings (SSSR count). The fourth-order valence-electron chi connectivity index (χ4n) is 3.53. The minimum absolute atomic E-state index is 0.115. The molecule has 2 aromatic carbocycles. The highest BCUT2D eigenvalue weighted by molar-refractivity contribution is 6.00. The van der Waals surface area contributed by atoms with E-state index in [-0.39, 0.29) is 30.5 Å². The number of amides is 3. The van der Waals surface area contributed by atoms with Crippen LogP contribution in [0.25, 0.3) is 10.9 Å². The lowest BCUT2D eigenvalue weighted by Gasteiger charge is -2.26. The Hall–Kier alpha value is -3.65. The molecule has 0 aliphatic heterocycles. The third-order valence-electron chi connectivity index (χ3n) is 5.00. The number of carbonyl (C=O) groups excluding carboxylic acids is 3. The molecule has 0 radical (unpaired) electrons. The number of hydroxylamine groups is 1. The van der Waals surface area contributed by atoms with Crippen molar-refractivity contribution in [2.75, 3.05) is 6.54 Å². The van der Waals surface area contributed by atoms with Crippen molar-refractivity contribution in [2.45, 2.75) is 32.9 Å². The fraction of sp³-hybridized carbons (Fsp3) is 0.292. The van der Waals surface area contributed by atoms with E-state index < -0.39 is 11.4 Å². The number of aromatic nitrogens is 1. The van der Waals surface area contributed by atoms with E-state index in [9.17, 15) is 14.4 Å². The second-order valence-corrected chi connectivity index (χ2v) is 8.74. The molecule has 1 aromatic heterocycles. The highest BCUT2D eigenvalue weighted by Crippen LogP contribution is 2.20. The van der Waals surface area contributed by atoms with Gasteiger partial charge < -0.3 is 14.8 Å². The van der Waals surface area contributed by atoms with Crippen LogP contribution in [0.5, 0.6) is 0 Å². The highest BCUT2D eigenvalue weighted by atomic mass is 16.5. The van der Waals surface area contributed by atoms with Crippen molar-refractivity contribution < 1.29 is 19.6 Å². The lowest BCUT2D eigenvalue weighted by molar-refractivity contribution is -0.123. The zero-order valence-electron chi connectivity index (χ0n) is 18.7. The van der Waals surface area contributed by atoms with Gasteiger partial charge in [-0.05, 0) is 50.6 Å². The van der Waals surface area contributed by atoms with Crippen molar-refractivity contribution in [3.63, 3.8) is 0 Å². The zero-order valence-corrected chi connectivity index (χ0v) is 18.7. The van der Waals surface area contributed by atoms with E-state index in [0.29, 0.717) is 5.69 Å². The molecule has 0 atom stereocenters. The number of carbonyl (C=O) groups is 3. The van der Waals surface area contributed by atoms with Crippen molar-refractivity contribution in [1.82, 2.24) is 20.3 Å². The van der Waals surface area contributed by atoms with E-state index >= 15 is 0 Å². The summed E-state index contributed by atoms with van der Waals surface area (Å²) in [5, 5.41) is 12.6. The van der Waals surface area contributed by atoms with E-state index in [4.69, 9.17) is 5.21 Å². The zero-order chi connectivity index (χ0) is 23.5. The van der Waals surface area contributed by atoms with Crippen LogP contribution in [0.1, 0.15) is 47.2 Å². The van der Waals surface area contributed by atoms with Crippen LogP contribution in [0.3, 0.4) is 0 Å². The fourth-order valence-corrected chi connectivity index (χ4v) is 3.53. The van der Waals surface area contributed by atoms with Crippen molar-refractivity contribution in [2.24, 2.45) is 7.05 Å². The smallest absolute Gasteiger partial charge is 0.274 e. The van der Waals surface area contributed by atoms with Crippen molar-refractivity contribution >= 4 is 28.6 Å². The van der Waals surface area contributed by atoms with Gasteiger partial charge in [0.1, 0.15) is 12.2 Å². The topological polar surface area (TPSA) is 104 Å². The van der Waals surface area contributed by atoms with Gasteiger partial charge in [0.05, 0.1) is 0 Å². The first-order valence-corrected chi connectivity index (χ1v) is 10.3.